The Morgan fingerprint density at radius 1 is 1.00 bits per heavy atom. The summed E-state index contributed by atoms with van der Waals surface area (Å²) in [6.07, 6.45) is 4.23. The first-order valence-electron chi connectivity index (χ1n) is 10.2. The van der Waals surface area contributed by atoms with Gasteiger partial charge in [0.15, 0.2) is 0 Å². The average Bonchev–Trinajstić information content (AvgIpc) is 2.75. The van der Waals surface area contributed by atoms with Crippen molar-refractivity contribution in [3.63, 3.8) is 0 Å². The van der Waals surface area contributed by atoms with E-state index in [0.29, 0.717) is 24.3 Å². The molecular weight excluding hydrogens is 366 g/mol. The summed E-state index contributed by atoms with van der Waals surface area (Å²) in [7, 11) is 1.64. The number of anilines is 1. The average molecular weight is 396 g/mol. The lowest BCUT2D eigenvalue weighted by molar-refractivity contribution is -0.117. The van der Waals surface area contributed by atoms with Gasteiger partial charge in [-0.1, -0.05) is 30.7 Å². The molecule has 0 unspecified atom stereocenters. The predicted molar refractivity (Wildman–Crippen MR) is 114 cm³/mol. The molecule has 2 N–H and O–H groups in total. The van der Waals surface area contributed by atoms with Crippen LogP contribution >= 0.6 is 0 Å². The summed E-state index contributed by atoms with van der Waals surface area (Å²) in [5.41, 5.74) is 2.15. The van der Waals surface area contributed by atoms with Crippen LogP contribution in [0.3, 0.4) is 0 Å². The van der Waals surface area contributed by atoms with E-state index >= 15 is 0 Å². The Balaban J connectivity index is 1.52. The third-order valence-corrected chi connectivity index (χ3v) is 5.12. The molecule has 29 heavy (non-hydrogen) atoms. The van der Waals surface area contributed by atoms with Gasteiger partial charge in [-0.15, -0.1) is 0 Å². The van der Waals surface area contributed by atoms with E-state index in [0.717, 1.165) is 43.7 Å². The number of carbonyl (C=O) groups is 2. The van der Waals surface area contributed by atoms with Crippen molar-refractivity contribution in [3.05, 3.63) is 59.7 Å². The van der Waals surface area contributed by atoms with E-state index in [4.69, 9.17) is 4.74 Å². The minimum absolute atomic E-state index is 0.0783. The molecule has 6 heteroatoms. The predicted octanol–water partition coefficient (Wildman–Crippen LogP) is 3.09. The van der Waals surface area contributed by atoms with Crippen LogP contribution in [0.25, 0.3) is 0 Å². The highest BCUT2D eigenvalue weighted by atomic mass is 16.5. The zero-order valence-electron chi connectivity index (χ0n) is 16.9. The summed E-state index contributed by atoms with van der Waals surface area (Å²) in [6, 6.07) is 14.9. The van der Waals surface area contributed by atoms with Gasteiger partial charge in [-0.2, -0.15) is 0 Å². The number of carbonyl (C=O) groups excluding carboxylic acids is 2. The number of benzene rings is 2. The van der Waals surface area contributed by atoms with Gasteiger partial charge < -0.3 is 15.4 Å². The third kappa shape index (κ3) is 6.32. The first kappa shape index (κ1) is 20.9. The second-order valence-electron chi connectivity index (χ2n) is 7.28. The number of nitrogens with one attached hydrogen (secondary N) is 2. The van der Waals surface area contributed by atoms with Gasteiger partial charge in [0.2, 0.25) is 5.91 Å². The summed E-state index contributed by atoms with van der Waals surface area (Å²) < 4.78 is 5.16. The van der Waals surface area contributed by atoms with Crippen LogP contribution in [0.2, 0.25) is 0 Å². The summed E-state index contributed by atoms with van der Waals surface area (Å²) in [4.78, 5) is 27.2. The van der Waals surface area contributed by atoms with Crippen molar-refractivity contribution in [1.29, 1.82) is 0 Å². The third-order valence-electron chi connectivity index (χ3n) is 5.12. The molecule has 3 rings (SSSR count). The Morgan fingerprint density at radius 2 is 1.72 bits per heavy atom. The maximum Gasteiger partial charge on any atom is 0.253 e. The number of amides is 2. The zero-order valence-corrected chi connectivity index (χ0v) is 16.9. The molecule has 2 amide bonds. The fourth-order valence-electron chi connectivity index (χ4n) is 3.51. The molecule has 1 fully saturated rings. The molecule has 154 valence electrons. The molecule has 0 radical (unpaired) electrons. The van der Waals surface area contributed by atoms with E-state index in [2.05, 4.69) is 15.5 Å². The van der Waals surface area contributed by atoms with Gasteiger partial charge in [0.1, 0.15) is 5.75 Å². The summed E-state index contributed by atoms with van der Waals surface area (Å²) in [6.45, 7) is 2.80. The topological polar surface area (TPSA) is 70.7 Å². The number of nitrogens with zero attached hydrogens (tertiary/aromatic N) is 1. The first-order valence-corrected chi connectivity index (χ1v) is 10.2. The van der Waals surface area contributed by atoms with E-state index in [9.17, 15) is 9.59 Å². The maximum atomic E-state index is 12.6. The van der Waals surface area contributed by atoms with Crippen molar-refractivity contribution < 1.29 is 14.3 Å². The van der Waals surface area contributed by atoms with Crippen LogP contribution in [0.5, 0.6) is 5.75 Å². The van der Waals surface area contributed by atoms with E-state index in [1.54, 1.807) is 25.3 Å². The molecule has 2 aromatic carbocycles. The van der Waals surface area contributed by atoms with Crippen molar-refractivity contribution in [2.75, 3.05) is 38.6 Å². The van der Waals surface area contributed by atoms with Crippen LogP contribution in [0.1, 0.15) is 35.2 Å². The molecule has 2 aromatic rings. The molecule has 1 saturated heterocycles. The van der Waals surface area contributed by atoms with E-state index in [1.807, 2.05) is 30.3 Å². The lowest BCUT2D eigenvalue weighted by Gasteiger charge is -2.25. The number of piperidine rings is 1. The molecule has 1 heterocycles. The summed E-state index contributed by atoms with van der Waals surface area (Å²) in [5, 5.41) is 5.84. The highest BCUT2D eigenvalue weighted by Gasteiger charge is 2.16. The second kappa shape index (κ2) is 10.6. The van der Waals surface area contributed by atoms with E-state index < -0.39 is 0 Å². The Labute approximate surface area is 172 Å². The Morgan fingerprint density at radius 3 is 2.45 bits per heavy atom. The standard InChI is InChI=1S/C23H29N3O3/c1-29-19-11-9-18(10-12-19)13-14-24-23(28)20-7-3-4-8-21(20)25-22(27)17-26-15-5-2-6-16-26/h3-4,7-12H,2,5-6,13-17H2,1H3,(H,24,28)(H,25,27). The van der Waals surface area contributed by atoms with Gasteiger partial charge in [-0.05, 0) is 62.2 Å². The van der Waals surface area contributed by atoms with Gasteiger partial charge in [0, 0.05) is 6.54 Å². The van der Waals surface area contributed by atoms with Gasteiger partial charge in [0.25, 0.3) is 5.91 Å². The fourth-order valence-corrected chi connectivity index (χ4v) is 3.51. The quantitative estimate of drug-likeness (QED) is 0.721. The minimum Gasteiger partial charge on any atom is -0.497 e. The Bertz CT molecular complexity index is 814. The van der Waals surface area contributed by atoms with Crippen molar-refractivity contribution in [2.24, 2.45) is 0 Å². The van der Waals surface area contributed by atoms with Gasteiger partial charge in [0.05, 0.1) is 24.9 Å². The highest BCUT2D eigenvalue weighted by Crippen LogP contribution is 2.16. The number of rotatable bonds is 8. The van der Waals surface area contributed by atoms with Crippen molar-refractivity contribution in [2.45, 2.75) is 25.7 Å². The SMILES string of the molecule is COc1ccc(CCNC(=O)c2ccccc2NC(=O)CN2CCCCC2)cc1. The lowest BCUT2D eigenvalue weighted by atomic mass is 10.1. The minimum atomic E-state index is -0.188. The molecule has 1 aliphatic rings. The molecule has 0 saturated carbocycles. The summed E-state index contributed by atoms with van der Waals surface area (Å²) >= 11 is 0. The second-order valence-corrected chi connectivity index (χ2v) is 7.28. The largest absolute Gasteiger partial charge is 0.497 e. The monoisotopic (exact) mass is 395 g/mol. The number of hydrogen-bond donors (Lipinski definition) is 2. The molecule has 0 atom stereocenters. The molecule has 1 aliphatic heterocycles. The molecule has 0 bridgehead atoms. The highest BCUT2D eigenvalue weighted by molar-refractivity contribution is 6.04. The molecule has 0 spiro atoms. The molecule has 6 nitrogen and oxygen atoms in total. The van der Waals surface area contributed by atoms with Crippen LogP contribution in [0, 0.1) is 0 Å². The van der Waals surface area contributed by atoms with Crippen LogP contribution in [-0.4, -0.2) is 50.0 Å². The number of ether oxygens (including phenoxy) is 1. The summed E-state index contributed by atoms with van der Waals surface area (Å²) in [5.74, 6) is 0.546. The van der Waals surface area contributed by atoms with Gasteiger partial charge in [-0.25, -0.2) is 0 Å². The van der Waals surface area contributed by atoms with E-state index in [1.165, 1.54) is 6.42 Å². The first-order chi connectivity index (χ1) is 14.2. The van der Waals surface area contributed by atoms with Gasteiger partial charge in [-0.3, -0.25) is 14.5 Å². The molecular formula is C23H29N3O3. The number of para-hydroxylation sites is 1. The van der Waals surface area contributed by atoms with Crippen molar-refractivity contribution in [1.82, 2.24) is 10.2 Å². The normalized spacial score (nSPS) is 14.2. The molecule has 0 aromatic heterocycles. The van der Waals surface area contributed by atoms with Crippen LogP contribution in [0.15, 0.2) is 48.5 Å². The van der Waals surface area contributed by atoms with Crippen LogP contribution < -0.4 is 15.4 Å². The van der Waals surface area contributed by atoms with Crippen LogP contribution in [0.4, 0.5) is 5.69 Å². The number of methoxy groups -OCH3 is 1. The van der Waals surface area contributed by atoms with Crippen molar-refractivity contribution in [3.8, 4) is 5.75 Å². The smallest absolute Gasteiger partial charge is 0.253 e. The number of hydrogen-bond acceptors (Lipinski definition) is 4. The van der Waals surface area contributed by atoms with Crippen molar-refractivity contribution >= 4 is 17.5 Å². The van der Waals surface area contributed by atoms with Crippen LogP contribution in [-0.2, 0) is 11.2 Å². The maximum absolute atomic E-state index is 12.6. The molecule has 0 aliphatic carbocycles. The van der Waals surface area contributed by atoms with E-state index in [-0.39, 0.29) is 11.8 Å². The van der Waals surface area contributed by atoms with Gasteiger partial charge >= 0.3 is 0 Å². The Kier molecular flexibility index (Phi) is 7.64. The number of likely N-dealkylation sites (tertiary alicyclic amines) is 1. The Hall–Kier alpha value is -2.86. The fraction of sp³-hybridized carbons (Fsp3) is 0.391. The zero-order chi connectivity index (χ0) is 20.5. The lowest BCUT2D eigenvalue weighted by Crippen LogP contribution is -2.37.